The molecule has 1 rings (SSSR count). The first-order valence-corrected chi connectivity index (χ1v) is 7.24. The summed E-state index contributed by atoms with van der Waals surface area (Å²) in [5, 5.41) is 4.36. The monoisotopic (exact) mass is 317 g/mol. The summed E-state index contributed by atoms with van der Waals surface area (Å²) in [5.74, 6) is 0. The minimum atomic E-state index is 0.218. The van der Waals surface area contributed by atoms with Crippen LogP contribution in [0.2, 0.25) is 5.02 Å². The van der Waals surface area contributed by atoms with E-state index in [1.807, 2.05) is 6.07 Å². The molecule has 0 aromatic heterocycles. The Balaban J connectivity index is 2.27. The summed E-state index contributed by atoms with van der Waals surface area (Å²) in [6, 6.07) is 6.11. The van der Waals surface area contributed by atoms with Crippen LogP contribution in [0.5, 0.6) is 0 Å². The zero-order valence-electron chi connectivity index (χ0n) is 10.8. The summed E-state index contributed by atoms with van der Waals surface area (Å²) in [7, 11) is 0. The lowest BCUT2D eigenvalue weighted by molar-refractivity contribution is 0.419. The number of unbranched alkanes of at least 4 members (excludes halogenated alkanes) is 1. The van der Waals surface area contributed by atoms with Gasteiger partial charge in [0.2, 0.25) is 0 Å². The molecule has 96 valence electrons. The first-order valence-electron chi connectivity index (χ1n) is 6.07. The molecule has 0 spiro atoms. The van der Waals surface area contributed by atoms with Gasteiger partial charge in [0.05, 0.1) is 0 Å². The van der Waals surface area contributed by atoms with E-state index in [-0.39, 0.29) is 5.54 Å². The van der Waals surface area contributed by atoms with Gasteiger partial charge in [0.1, 0.15) is 0 Å². The molecule has 0 aliphatic heterocycles. The molecule has 0 radical (unpaired) electrons. The van der Waals surface area contributed by atoms with E-state index in [2.05, 4.69) is 54.2 Å². The Morgan fingerprint density at radius 3 is 2.53 bits per heavy atom. The van der Waals surface area contributed by atoms with E-state index < -0.39 is 0 Å². The van der Waals surface area contributed by atoms with Gasteiger partial charge in [-0.3, -0.25) is 0 Å². The van der Waals surface area contributed by atoms with Crippen molar-refractivity contribution in [2.45, 2.75) is 45.6 Å². The molecule has 0 amide bonds. The normalized spacial score (nSPS) is 11.8. The van der Waals surface area contributed by atoms with E-state index >= 15 is 0 Å². The third-order valence-corrected chi connectivity index (χ3v) is 3.39. The predicted molar refractivity (Wildman–Crippen MR) is 79.8 cm³/mol. The van der Waals surface area contributed by atoms with Crippen molar-refractivity contribution in [3.63, 3.8) is 0 Å². The third kappa shape index (κ3) is 6.44. The fourth-order valence-corrected chi connectivity index (χ4v) is 2.40. The van der Waals surface area contributed by atoms with Crippen molar-refractivity contribution in [2.24, 2.45) is 0 Å². The molecule has 0 aliphatic rings. The first-order chi connectivity index (χ1) is 7.88. The van der Waals surface area contributed by atoms with Gasteiger partial charge < -0.3 is 5.32 Å². The SMILES string of the molecule is CC(C)(C)NCCCCc1ccc(Br)cc1Cl. The average Bonchev–Trinajstić information content (AvgIpc) is 2.18. The third-order valence-electron chi connectivity index (χ3n) is 2.54. The smallest absolute Gasteiger partial charge is 0.0449 e. The highest BCUT2D eigenvalue weighted by atomic mass is 79.9. The van der Waals surface area contributed by atoms with Crippen LogP contribution >= 0.6 is 27.5 Å². The number of halogens is 2. The van der Waals surface area contributed by atoms with Crippen LogP contribution in [-0.2, 0) is 6.42 Å². The van der Waals surface area contributed by atoms with Crippen molar-refractivity contribution < 1.29 is 0 Å². The fourth-order valence-electron chi connectivity index (χ4n) is 1.63. The molecule has 0 bridgehead atoms. The van der Waals surface area contributed by atoms with Gasteiger partial charge in [-0.25, -0.2) is 0 Å². The lowest BCUT2D eigenvalue weighted by atomic mass is 10.1. The second-order valence-corrected chi connectivity index (χ2v) is 6.69. The molecule has 0 unspecified atom stereocenters. The minimum absolute atomic E-state index is 0.218. The Bertz CT molecular complexity index is 358. The highest BCUT2D eigenvalue weighted by Gasteiger charge is 2.07. The molecule has 1 nitrogen and oxygen atoms in total. The van der Waals surface area contributed by atoms with Crippen molar-refractivity contribution in [3.05, 3.63) is 33.3 Å². The molecule has 3 heteroatoms. The first kappa shape index (κ1) is 15.0. The number of hydrogen-bond donors (Lipinski definition) is 1. The zero-order chi connectivity index (χ0) is 12.9. The van der Waals surface area contributed by atoms with Crippen LogP contribution in [0.4, 0.5) is 0 Å². The molecule has 0 aliphatic carbocycles. The molecule has 0 heterocycles. The van der Waals surface area contributed by atoms with Crippen LogP contribution < -0.4 is 5.32 Å². The maximum absolute atomic E-state index is 6.17. The highest BCUT2D eigenvalue weighted by Crippen LogP contribution is 2.22. The number of aryl methyl sites for hydroxylation is 1. The van der Waals surface area contributed by atoms with Crippen LogP contribution in [0, 0.1) is 0 Å². The highest BCUT2D eigenvalue weighted by molar-refractivity contribution is 9.10. The largest absolute Gasteiger partial charge is 0.312 e. The molecule has 1 N–H and O–H groups in total. The van der Waals surface area contributed by atoms with Crippen molar-refractivity contribution in [1.82, 2.24) is 5.32 Å². The van der Waals surface area contributed by atoms with Gasteiger partial charge in [-0.15, -0.1) is 0 Å². The molecule has 0 saturated carbocycles. The van der Waals surface area contributed by atoms with Gasteiger partial charge in [0, 0.05) is 15.0 Å². The van der Waals surface area contributed by atoms with Gasteiger partial charge in [-0.2, -0.15) is 0 Å². The number of nitrogens with one attached hydrogen (secondary N) is 1. The zero-order valence-corrected chi connectivity index (χ0v) is 13.2. The van der Waals surface area contributed by atoms with Crippen LogP contribution in [0.25, 0.3) is 0 Å². The van der Waals surface area contributed by atoms with E-state index in [1.54, 1.807) is 0 Å². The Morgan fingerprint density at radius 2 is 1.94 bits per heavy atom. The summed E-state index contributed by atoms with van der Waals surface area (Å²) < 4.78 is 1.04. The summed E-state index contributed by atoms with van der Waals surface area (Å²) in [4.78, 5) is 0. The van der Waals surface area contributed by atoms with Gasteiger partial charge in [-0.1, -0.05) is 33.6 Å². The quantitative estimate of drug-likeness (QED) is 0.768. The Kier molecular flexibility index (Phi) is 5.98. The maximum Gasteiger partial charge on any atom is 0.0449 e. The van der Waals surface area contributed by atoms with E-state index in [0.717, 1.165) is 22.5 Å². The molecule has 0 fully saturated rings. The van der Waals surface area contributed by atoms with Crippen molar-refractivity contribution >= 4 is 27.5 Å². The number of rotatable bonds is 5. The minimum Gasteiger partial charge on any atom is -0.312 e. The van der Waals surface area contributed by atoms with Crippen LogP contribution in [-0.4, -0.2) is 12.1 Å². The predicted octanol–water partition coefficient (Wildman–Crippen LogP) is 4.81. The second-order valence-electron chi connectivity index (χ2n) is 5.37. The van der Waals surface area contributed by atoms with Crippen LogP contribution in [0.1, 0.15) is 39.2 Å². The van der Waals surface area contributed by atoms with Gasteiger partial charge in [0.15, 0.2) is 0 Å². The molecule has 1 aromatic carbocycles. The summed E-state index contributed by atoms with van der Waals surface area (Å²) >= 11 is 9.59. The van der Waals surface area contributed by atoms with E-state index in [1.165, 1.54) is 18.4 Å². The molecule has 17 heavy (non-hydrogen) atoms. The lowest BCUT2D eigenvalue weighted by Crippen LogP contribution is -2.36. The van der Waals surface area contributed by atoms with Gasteiger partial charge in [-0.05, 0) is 64.3 Å². The van der Waals surface area contributed by atoms with Crippen molar-refractivity contribution in [2.75, 3.05) is 6.54 Å². The molecule has 0 saturated heterocycles. The number of hydrogen-bond acceptors (Lipinski definition) is 1. The van der Waals surface area contributed by atoms with Gasteiger partial charge in [0.25, 0.3) is 0 Å². The summed E-state index contributed by atoms with van der Waals surface area (Å²) in [6.07, 6.45) is 3.41. The lowest BCUT2D eigenvalue weighted by Gasteiger charge is -2.20. The summed E-state index contributed by atoms with van der Waals surface area (Å²) in [6.45, 7) is 7.65. The molecular weight excluding hydrogens is 298 g/mol. The van der Waals surface area contributed by atoms with Crippen LogP contribution in [0.3, 0.4) is 0 Å². The molecular formula is C14H21BrClN. The Morgan fingerprint density at radius 1 is 1.24 bits per heavy atom. The van der Waals surface area contributed by atoms with Crippen molar-refractivity contribution in [1.29, 1.82) is 0 Å². The Hall–Kier alpha value is -0.0500. The number of benzene rings is 1. The second kappa shape index (κ2) is 6.77. The van der Waals surface area contributed by atoms with E-state index in [4.69, 9.17) is 11.6 Å². The van der Waals surface area contributed by atoms with E-state index in [0.29, 0.717) is 0 Å². The summed E-state index contributed by atoms with van der Waals surface area (Å²) in [5.41, 5.74) is 1.46. The maximum atomic E-state index is 6.17. The van der Waals surface area contributed by atoms with Crippen molar-refractivity contribution in [3.8, 4) is 0 Å². The topological polar surface area (TPSA) is 12.0 Å². The van der Waals surface area contributed by atoms with E-state index in [9.17, 15) is 0 Å². The fraction of sp³-hybridized carbons (Fsp3) is 0.571. The molecule has 1 aromatic rings. The molecule has 0 atom stereocenters. The Labute approximate surface area is 118 Å². The van der Waals surface area contributed by atoms with Crippen LogP contribution in [0.15, 0.2) is 22.7 Å². The average molecular weight is 319 g/mol. The standard InChI is InChI=1S/C14H21BrClN/c1-14(2,3)17-9-5-4-6-11-7-8-12(15)10-13(11)16/h7-8,10,17H,4-6,9H2,1-3H3. The van der Waals surface area contributed by atoms with Gasteiger partial charge >= 0.3 is 0 Å².